The topological polar surface area (TPSA) is 91.2 Å². The van der Waals surface area contributed by atoms with E-state index in [1.807, 2.05) is 0 Å². The van der Waals surface area contributed by atoms with Crippen molar-refractivity contribution in [1.82, 2.24) is 4.98 Å². The van der Waals surface area contributed by atoms with E-state index >= 15 is 0 Å². The summed E-state index contributed by atoms with van der Waals surface area (Å²) in [6.07, 6.45) is 4.26. The summed E-state index contributed by atoms with van der Waals surface area (Å²) in [4.78, 5) is 15.1. The van der Waals surface area contributed by atoms with E-state index < -0.39 is 5.91 Å². The van der Waals surface area contributed by atoms with Gasteiger partial charge in [-0.25, -0.2) is 4.98 Å². The van der Waals surface area contributed by atoms with Crippen LogP contribution >= 0.6 is 0 Å². The molecule has 5 heteroatoms. The van der Waals surface area contributed by atoms with Crippen molar-refractivity contribution in [1.29, 1.82) is 0 Å². The van der Waals surface area contributed by atoms with E-state index in [4.69, 9.17) is 16.2 Å². The number of primary amides is 1. The molecule has 0 aliphatic rings. The molecule has 0 fully saturated rings. The summed E-state index contributed by atoms with van der Waals surface area (Å²) in [5, 5.41) is 0. The molecule has 17 heavy (non-hydrogen) atoms. The third-order valence-electron chi connectivity index (χ3n) is 2.52. The van der Waals surface area contributed by atoms with Crippen LogP contribution in [0.25, 0.3) is 0 Å². The van der Waals surface area contributed by atoms with Gasteiger partial charge in [0.05, 0.1) is 6.61 Å². The summed E-state index contributed by atoms with van der Waals surface area (Å²) in [5.74, 6) is -0.233. The fraction of sp³-hybridized carbons (Fsp3) is 0.500. The van der Waals surface area contributed by atoms with E-state index in [-0.39, 0.29) is 6.04 Å². The van der Waals surface area contributed by atoms with Crippen LogP contribution in [0.1, 0.15) is 36.5 Å². The van der Waals surface area contributed by atoms with Gasteiger partial charge in [0.25, 0.3) is 5.91 Å². The normalized spacial score (nSPS) is 12.1. The molecule has 0 spiro atoms. The summed E-state index contributed by atoms with van der Waals surface area (Å²) in [5.41, 5.74) is 11.3. The first-order valence-electron chi connectivity index (χ1n) is 5.78. The second-order valence-corrected chi connectivity index (χ2v) is 3.88. The first-order chi connectivity index (χ1) is 8.15. The van der Waals surface area contributed by atoms with Crippen molar-refractivity contribution < 1.29 is 9.53 Å². The molecule has 0 bridgehead atoms. The van der Waals surface area contributed by atoms with Crippen molar-refractivity contribution in [2.24, 2.45) is 11.5 Å². The van der Waals surface area contributed by atoms with Crippen LogP contribution in [0.3, 0.4) is 0 Å². The Morgan fingerprint density at radius 2 is 2.35 bits per heavy atom. The fourth-order valence-electron chi connectivity index (χ4n) is 1.41. The van der Waals surface area contributed by atoms with Crippen molar-refractivity contribution in [2.75, 3.05) is 6.61 Å². The van der Waals surface area contributed by atoms with Crippen LogP contribution in [0.5, 0.6) is 5.88 Å². The Hall–Kier alpha value is -1.62. The fourth-order valence-corrected chi connectivity index (χ4v) is 1.41. The molecule has 0 radical (unpaired) electrons. The van der Waals surface area contributed by atoms with E-state index in [0.717, 1.165) is 19.3 Å². The average Bonchev–Trinajstić information content (AvgIpc) is 2.34. The van der Waals surface area contributed by atoms with Gasteiger partial charge < -0.3 is 16.2 Å². The lowest BCUT2D eigenvalue weighted by Crippen LogP contribution is -2.19. The Labute approximate surface area is 101 Å². The number of pyridine rings is 1. The van der Waals surface area contributed by atoms with E-state index in [9.17, 15) is 4.79 Å². The molecule has 0 aromatic carbocycles. The minimum atomic E-state index is -0.529. The zero-order chi connectivity index (χ0) is 12.7. The smallest absolute Gasteiger partial charge is 0.254 e. The summed E-state index contributed by atoms with van der Waals surface area (Å²) in [6, 6.07) is 3.46. The van der Waals surface area contributed by atoms with Crippen molar-refractivity contribution >= 4 is 5.91 Å². The third-order valence-corrected chi connectivity index (χ3v) is 2.52. The maximum Gasteiger partial charge on any atom is 0.254 e. The highest BCUT2D eigenvalue weighted by Gasteiger charge is 2.09. The molecule has 1 aromatic heterocycles. The lowest BCUT2D eigenvalue weighted by atomic mass is 10.1. The molecule has 94 valence electrons. The molecule has 0 unspecified atom stereocenters. The van der Waals surface area contributed by atoms with Crippen LogP contribution in [-0.4, -0.2) is 23.5 Å². The summed E-state index contributed by atoms with van der Waals surface area (Å²) >= 11 is 0. The van der Waals surface area contributed by atoms with Crippen LogP contribution in [0.15, 0.2) is 18.3 Å². The number of carbonyl (C=O) groups is 1. The minimum absolute atomic E-state index is 0.206. The Bertz CT molecular complexity index is 369. The SMILES string of the molecule is CC[C@H](N)CCCOc1ncccc1C(N)=O. The van der Waals surface area contributed by atoms with Crippen LogP contribution in [0.2, 0.25) is 0 Å². The zero-order valence-corrected chi connectivity index (χ0v) is 10.1. The van der Waals surface area contributed by atoms with E-state index in [1.54, 1.807) is 18.3 Å². The largest absolute Gasteiger partial charge is 0.477 e. The number of hydrogen-bond donors (Lipinski definition) is 2. The number of aromatic nitrogens is 1. The van der Waals surface area contributed by atoms with Gasteiger partial charge in [0, 0.05) is 12.2 Å². The third kappa shape index (κ3) is 4.40. The Morgan fingerprint density at radius 3 is 3.00 bits per heavy atom. The molecule has 1 heterocycles. The van der Waals surface area contributed by atoms with Crippen molar-refractivity contribution in [3.8, 4) is 5.88 Å². The van der Waals surface area contributed by atoms with Crippen molar-refractivity contribution in [3.05, 3.63) is 23.9 Å². The average molecular weight is 237 g/mol. The van der Waals surface area contributed by atoms with Crippen molar-refractivity contribution in [3.63, 3.8) is 0 Å². The standard InChI is InChI=1S/C12H19N3O2/c1-2-9(13)5-4-8-17-12-10(11(14)16)6-3-7-15-12/h3,6-7,9H,2,4-5,8,13H2,1H3,(H2,14,16)/t9-/m0/s1. The first-order valence-corrected chi connectivity index (χ1v) is 5.78. The molecule has 0 aliphatic carbocycles. The quantitative estimate of drug-likeness (QED) is 0.694. The number of ether oxygens (including phenoxy) is 1. The molecule has 1 amide bonds. The Balaban J connectivity index is 2.44. The van der Waals surface area contributed by atoms with Crippen LogP contribution < -0.4 is 16.2 Å². The Kier molecular flexibility index (Phi) is 5.42. The molecule has 1 atom stereocenters. The molecule has 0 aliphatic heterocycles. The lowest BCUT2D eigenvalue weighted by Gasteiger charge is -2.10. The van der Waals surface area contributed by atoms with Gasteiger partial charge in [-0.3, -0.25) is 4.79 Å². The maximum absolute atomic E-state index is 11.1. The molecule has 1 aromatic rings. The molecule has 0 saturated carbocycles. The first kappa shape index (κ1) is 13.4. The molecule has 5 nitrogen and oxygen atoms in total. The molecule has 4 N–H and O–H groups in total. The number of nitrogens with zero attached hydrogens (tertiary/aromatic N) is 1. The van der Waals surface area contributed by atoms with E-state index in [1.165, 1.54) is 0 Å². The highest BCUT2D eigenvalue weighted by molar-refractivity contribution is 5.94. The summed E-state index contributed by atoms with van der Waals surface area (Å²) < 4.78 is 5.43. The molecule has 1 rings (SSSR count). The van der Waals surface area contributed by atoms with Gasteiger partial charge in [0.2, 0.25) is 5.88 Å². The minimum Gasteiger partial charge on any atom is -0.477 e. The Morgan fingerprint density at radius 1 is 1.59 bits per heavy atom. The molecular formula is C12H19N3O2. The van der Waals surface area contributed by atoms with Gasteiger partial charge in [-0.05, 0) is 31.4 Å². The summed E-state index contributed by atoms with van der Waals surface area (Å²) in [7, 11) is 0. The second kappa shape index (κ2) is 6.85. The van der Waals surface area contributed by atoms with Crippen molar-refractivity contribution in [2.45, 2.75) is 32.2 Å². The highest BCUT2D eigenvalue weighted by atomic mass is 16.5. The predicted molar refractivity (Wildman–Crippen MR) is 65.8 cm³/mol. The number of amides is 1. The highest BCUT2D eigenvalue weighted by Crippen LogP contribution is 2.13. The lowest BCUT2D eigenvalue weighted by molar-refractivity contribution is 0.0995. The molecular weight excluding hydrogens is 218 g/mol. The van der Waals surface area contributed by atoms with Crippen LogP contribution in [0.4, 0.5) is 0 Å². The summed E-state index contributed by atoms with van der Waals surface area (Å²) in [6.45, 7) is 2.54. The van der Waals surface area contributed by atoms with E-state index in [0.29, 0.717) is 18.1 Å². The van der Waals surface area contributed by atoms with Gasteiger partial charge in [0.15, 0.2) is 0 Å². The number of hydrogen-bond acceptors (Lipinski definition) is 4. The van der Waals surface area contributed by atoms with Gasteiger partial charge >= 0.3 is 0 Å². The van der Waals surface area contributed by atoms with Gasteiger partial charge in [0.1, 0.15) is 5.56 Å². The number of nitrogens with two attached hydrogens (primary N) is 2. The predicted octanol–water partition coefficient (Wildman–Crippen LogP) is 1.08. The number of rotatable bonds is 7. The molecule has 0 saturated heterocycles. The zero-order valence-electron chi connectivity index (χ0n) is 10.1. The van der Waals surface area contributed by atoms with Gasteiger partial charge in [-0.1, -0.05) is 6.92 Å². The number of carbonyl (C=O) groups excluding carboxylic acids is 1. The van der Waals surface area contributed by atoms with Gasteiger partial charge in [-0.2, -0.15) is 0 Å². The monoisotopic (exact) mass is 237 g/mol. The second-order valence-electron chi connectivity index (χ2n) is 3.88. The van der Waals surface area contributed by atoms with E-state index in [2.05, 4.69) is 11.9 Å². The van der Waals surface area contributed by atoms with Crippen LogP contribution in [-0.2, 0) is 0 Å². The van der Waals surface area contributed by atoms with Gasteiger partial charge in [-0.15, -0.1) is 0 Å². The maximum atomic E-state index is 11.1. The van der Waals surface area contributed by atoms with Crippen LogP contribution in [0, 0.1) is 0 Å².